The lowest BCUT2D eigenvalue weighted by Gasteiger charge is -2.36. The maximum Gasteiger partial charge on any atom is 0.219 e. The van der Waals surface area contributed by atoms with Gasteiger partial charge in [0.1, 0.15) is 0 Å². The summed E-state index contributed by atoms with van der Waals surface area (Å²) >= 11 is 0. The molecule has 1 aliphatic rings. The van der Waals surface area contributed by atoms with E-state index in [0.29, 0.717) is 12.6 Å². The number of nitrogens with one attached hydrogen (secondary N) is 1. The van der Waals surface area contributed by atoms with Crippen LogP contribution < -0.4 is 5.32 Å². The third-order valence-corrected chi connectivity index (χ3v) is 4.76. The molecule has 1 amide bonds. The third-order valence-electron chi connectivity index (χ3n) is 4.76. The van der Waals surface area contributed by atoms with Crippen LogP contribution in [0.3, 0.4) is 0 Å². The topological polar surface area (TPSA) is 32.3 Å². The quantitative estimate of drug-likeness (QED) is 0.911. The second kappa shape index (κ2) is 6.97. The van der Waals surface area contributed by atoms with Crippen LogP contribution in [-0.2, 0) is 11.3 Å². The molecule has 0 heterocycles. The van der Waals surface area contributed by atoms with E-state index in [9.17, 15) is 4.79 Å². The Morgan fingerprint density at radius 1 is 1.29 bits per heavy atom. The first-order chi connectivity index (χ1) is 9.97. The molecular formula is C18H28N2O. The number of carbonyl (C=O) groups is 1. The van der Waals surface area contributed by atoms with E-state index in [1.165, 1.54) is 30.5 Å². The van der Waals surface area contributed by atoms with Gasteiger partial charge < -0.3 is 10.2 Å². The molecule has 0 spiro atoms. The summed E-state index contributed by atoms with van der Waals surface area (Å²) in [4.78, 5) is 13.1. The third kappa shape index (κ3) is 4.23. The SMILES string of the molecule is CC(=O)N(C)Cc1cccc(NC2C(C)CCCC2C)c1. The van der Waals surface area contributed by atoms with Crippen molar-refractivity contribution in [1.29, 1.82) is 0 Å². The molecule has 2 atom stereocenters. The molecule has 3 heteroatoms. The molecule has 1 N–H and O–H groups in total. The lowest BCUT2D eigenvalue weighted by Crippen LogP contribution is -2.37. The van der Waals surface area contributed by atoms with Crippen molar-refractivity contribution in [2.45, 2.75) is 52.6 Å². The fraction of sp³-hybridized carbons (Fsp3) is 0.611. The molecule has 0 aromatic heterocycles. The first-order valence-electron chi connectivity index (χ1n) is 8.04. The van der Waals surface area contributed by atoms with Crippen LogP contribution in [0, 0.1) is 11.8 Å². The lowest BCUT2D eigenvalue weighted by molar-refractivity contribution is -0.128. The Kier molecular flexibility index (Phi) is 5.27. The predicted octanol–water partition coefficient (Wildman–Crippen LogP) is 3.90. The van der Waals surface area contributed by atoms with Crippen LogP contribution in [0.4, 0.5) is 5.69 Å². The Balaban J connectivity index is 2.05. The van der Waals surface area contributed by atoms with Crippen molar-refractivity contribution in [2.24, 2.45) is 11.8 Å². The highest BCUT2D eigenvalue weighted by Crippen LogP contribution is 2.31. The summed E-state index contributed by atoms with van der Waals surface area (Å²) in [5.41, 5.74) is 2.35. The summed E-state index contributed by atoms with van der Waals surface area (Å²) in [5, 5.41) is 3.72. The molecule has 0 radical (unpaired) electrons. The van der Waals surface area contributed by atoms with Gasteiger partial charge in [0.25, 0.3) is 0 Å². The number of amides is 1. The van der Waals surface area contributed by atoms with E-state index in [1.807, 2.05) is 7.05 Å². The lowest BCUT2D eigenvalue weighted by atomic mass is 9.78. The maximum atomic E-state index is 11.3. The van der Waals surface area contributed by atoms with Crippen molar-refractivity contribution in [2.75, 3.05) is 12.4 Å². The largest absolute Gasteiger partial charge is 0.382 e. The summed E-state index contributed by atoms with van der Waals surface area (Å²) in [6, 6.07) is 9.01. The van der Waals surface area contributed by atoms with Gasteiger partial charge in [-0.2, -0.15) is 0 Å². The van der Waals surface area contributed by atoms with Crippen LogP contribution >= 0.6 is 0 Å². The van der Waals surface area contributed by atoms with Gasteiger partial charge in [0.05, 0.1) is 0 Å². The average Bonchev–Trinajstić information content (AvgIpc) is 2.43. The van der Waals surface area contributed by atoms with E-state index in [0.717, 1.165) is 11.8 Å². The molecule has 21 heavy (non-hydrogen) atoms. The predicted molar refractivity (Wildman–Crippen MR) is 88.2 cm³/mol. The highest BCUT2D eigenvalue weighted by atomic mass is 16.2. The second-order valence-electron chi connectivity index (χ2n) is 6.63. The zero-order valence-electron chi connectivity index (χ0n) is 13.7. The van der Waals surface area contributed by atoms with Crippen LogP contribution in [-0.4, -0.2) is 23.9 Å². The molecule has 2 unspecified atom stereocenters. The van der Waals surface area contributed by atoms with Gasteiger partial charge in [-0.3, -0.25) is 4.79 Å². The van der Waals surface area contributed by atoms with Gasteiger partial charge in [-0.05, 0) is 42.4 Å². The summed E-state index contributed by atoms with van der Waals surface area (Å²) < 4.78 is 0. The molecule has 3 nitrogen and oxygen atoms in total. The van der Waals surface area contributed by atoms with Gasteiger partial charge in [0.2, 0.25) is 5.91 Å². The minimum Gasteiger partial charge on any atom is -0.382 e. The molecule has 1 aromatic carbocycles. The van der Waals surface area contributed by atoms with Crippen molar-refractivity contribution >= 4 is 11.6 Å². The highest BCUT2D eigenvalue weighted by Gasteiger charge is 2.27. The van der Waals surface area contributed by atoms with E-state index in [-0.39, 0.29) is 5.91 Å². The first-order valence-corrected chi connectivity index (χ1v) is 8.04. The zero-order valence-corrected chi connectivity index (χ0v) is 13.7. The number of anilines is 1. The molecule has 0 aliphatic heterocycles. The van der Waals surface area contributed by atoms with Gasteiger partial charge in [-0.15, -0.1) is 0 Å². The Morgan fingerprint density at radius 2 is 1.95 bits per heavy atom. The Morgan fingerprint density at radius 3 is 2.57 bits per heavy atom. The number of hydrogen-bond acceptors (Lipinski definition) is 2. The van der Waals surface area contributed by atoms with Gasteiger partial charge in [-0.1, -0.05) is 32.4 Å². The highest BCUT2D eigenvalue weighted by molar-refractivity contribution is 5.72. The van der Waals surface area contributed by atoms with E-state index in [4.69, 9.17) is 0 Å². The number of hydrogen-bond donors (Lipinski definition) is 1. The number of rotatable bonds is 4. The van der Waals surface area contributed by atoms with Crippen molar-refractivity contribution < 1.29 is 4.79 Å². The molecular weight excluding hydrogens is 260 g/mol. The van der Waals surface area contributed by atoms with Crippen molar-refractivity contribution in [3.63, 3.8) is 0 Å². The molecule has 1 aromatic rings. The van der Waals surface area contributed by atoms with Crippen LogP contribution in [0.25, 0.3) is 0 Å². The number of nitrogens with zero attached hydrogens (tertiary/aromatic N) is 1. The molecule has 1 fully saturated rings. The van der Waals surface area contributed by atoms with E-state index in [1.54, 1.807) is 11.8 Å². The molecule has 116 valence electrons. The van der Waals surface area contributed by atoms with Crippen LogP contribution in [0.1, 0.15) is 45.6 Å². The van der Waals surface area contributed by atoms with Gasteiger partial charge >= 0.3 is 0 Å². The molecule has 0 saturated heterocycles. The smallest absolute Gasteiger partial charge is 0.219 e. The Hall–Kier alpha value is -1.51. The van der Waals surface area contributed by atoms with E-state index >= 15 is 0 Å². The normalized spacial score (nSPS) is 25.4. The number of carbonyl (C=O) groups excluding carboxylic acids is 1. The first kappa shape index (κ1) is 15.9. The standard InChI is InChI=1S/C18H28N2O/c1-13-7-5-8-14(2)18(13)19-17-10-6-9-16(11-17)12-20(4)15(3)21/h6,9-11,13-14,18-19H,5,7-8,12H2,1-4H3. The fourth-order valence-electron chi connectivity index (χ4n) is 3.30. The Bertz CT molecular complexity index is 476. The second-order valence-corrected chi connectivity index (χ2v) is 6.63. The van der Waals surface area contributed by atoms with E-state index < -0.39 is 0 Å². The molecule has 1 saturated carbocycles. The minimum atomic E-state index is 0.0999. The van der Waals surface area contributed by atoms with Crippen LogP contribution in [0.15, 0.2) is 24.3 Å². The van der Waals surface area contributed by atoms with E-state index in [2.05, 4.69) is 43.4 Å². The van der Waals surface area contributed by atoms with Crippen molar-refractivity contribution in [3.8, 4) is 0 Å². The van der Waals surface area contributed by atoms with Gasteiger partial charge in [0.15, 0.2) is 0 Å². The van der Waals surface area contributed by atoms with Gasteiger partial charge in [0, 0.05) is 32.2 Å². The fourth-order valence-corrected chi connectivity index (χ4v) is 3.30. The summed E-state index contributed by atoms with van der Waals surface area (Å²) in [6.07, 6.45) is 3.98. The molecule has 1 aliphatic carbocycles. The minimum absolute atomic E-state index is 0.0999. The van der Waals surface area contributed by atoms with Crippen LogP contribution in [0.2, 0.25) is 0 Å². The monoisotopic (exact) mass is 288 g/mol. The number of benzene rings is 1. The summed E-state index contributed by atoms with van der Waals surface area (Å²) in [6.45, 7) is 6.97. The summed E-state index contributed by atoms with van der Waals surface area (Å²) in [7, 11) is 1.84. The maximum absolute atomic E-state index is 11.3. The average molecular weight is 288 g/mol. The molecule has 2 rings (SSSR count). The zero-order chi connectivity index (χ0) is 15.4. The van der Waals surface area contributed by atoms with Crippen LogP contribution in [0.5, 0.6) is 0 Å². The summed E-state index contributed by atoms with van der Waals surface area (Å²) in [5.74, 6) is 1.54. The van der Waals surface area contributed by atoms with Crippen molar-refractivity contribution in [3.05, 3.63) is 29.8 Å². The van der Waals surface area contributed by atoms with Crippen molar-refractivity contribution in [1.82, 2.24) is 4.90 Å². The van der Waals surface area contributed by atoms with Gasteiger partial charge in [-0.25, -0.2) is 0 Å². The Labute approximate surface area is 128 Å². The molecule has 0 bridgehead atoms.